The summed E-state index contributed by atoms with van der Waals surface area (Å²) in [7, 11) is 0. The molecule has 1 rings (SSSR count). The number of aliphatic carboxylic acids is 1. The summed E-state index contributed by atoms with van der Waals surface area (Å²) in [4.78, 5) is 10.8. The Morgan fingerprint density at radius 1 is 1.40 bits per heavy atom. The van der Waals surface area contributed by atoms with Gasteiger partial charge in [-0.3, -0.25) is 0 Å². The first-order chi connectivity index (χ1) is 7.09. The predicted octanol–water partition coefficient (Wildman–Crippen LogP) is 3.54. The van der Waals surface area contributed by atoms with Gasteiger partial charge in [0, 0.05) is 5.57 Å². The fourth-order valence-corrected chi connectivity index (χ4v) is 2.47. The average Bonchev–Trinajstić information content (AvgIpc) is 2.19. The third-order valence-corrected chi connectivity index (χ3v) is 3.26. The summed E-state index contributed by atoms with van der Waals surface area (Å²) < 4.78 is 0. The van der Waals surface area contributed by atoms with Gasteiger partial charge in [-0.05, 0) is 31.6 Å². The molecule has 0 aromatic heterocycles. The van der Waals surface area contributed by atoms with Crippen molar-refractivity contribution in [2.24, 2.45) is 5.41 Å². The van der Waals surface area contributed by atoms with Crippen molar-refractivity contribution >= 4 is 5.97 Å². The lowest BCUT2D eigenvalue weighted by Gasteiger charge is -2.34. The Labute approximate surface area is 91.7 Å². The van der Waals surface area contributed by atoms with E-state index in [-0.39, 0.29) is 5.41 Å². The van der Waals surface area contributed by atoms with E-state index in [2.05, 4.69) is 6.58 Å². The van der Waals surface area contributed by atoms with Crippen molar-refractivity contribution in [3.8, 4) is 0 Å². The van der Waals surface area contributed by atoms with Crippen LogP contribution in [0.1, 0.15) is 45.4 Å². The standard InChI is InChI=1S/C13H20O2/c1-3-7-13(8-5-4-6-9-13)10-11(2)12(14)15/h3,10H,1,4-9H2,2H3,(H,14,15). The normalized spacial score (nSPS) is 21.0. The monoisotopic (exact) mass is 208 g/mol. The van der Waals surface area contributed by atoms with E-state index in [1.165, 1.54) is 19.3 Å². The van der Waals surface area contributed by atoms with E-state index in [1.807, 2.05) is 12.2 Å². The number of carboxylic acid groups (broad SMARTS) is 1. The van der Waals surface area contributed by atoms with Crippen LogP contribution in [0.3, 0.4) is 0 Å². The number of allylic oxidation sites excluding steroid dienone is 2. The Morgan fingerprint density at radius 3 is 2.47 bits per heavy atom. The molecule has 1 N–H and O–H groups in total. The van der Waals surface area contributed by atoms with Gasteiger partial charge in [-0.15, -0.1) is 6.58 Å². The molecule has 0 aliphatic heterocycles. The Balaban J connectivity index is 2.84. The lowest BCUT2D eigenvalue weighted by atomic mass is 9.71. The highest BCUT2D eigenvalue weighted by atomic mass is 16.4. The van der Waals surface area contributed by atoms with Crippen molar-refractivity contribution in [3.05, 3.63) is 24.3 Å². The third-order valence-electron chi connectivity index (χ3n) is 3.26. The molecule has 2 heteroatoms. The van der Waals surface area contributed by atoms with Crippen LogP contribution >= 0.6 is 0 Å². The van der Waals surface area contributed by atoms with Gasteiger partial charge < -0.3 is 5.11 Å². The molecule has 0 radical (unpaired) electrons. The summed E-state index contributed by atoms with van der Waals surface area (Å²) in [6.45, 7) is 5.46. The lowest BCUT2D eigenvalue weighted by molar-refractivity contribution is -0.132. The summed E-state index contributed by atoms with van der Waals surface area (Å²) in [5, 5.41) is 8.90. The van der Waals surface area contributed by atoms with E-state index >= 15 is 0 Å². The Hall–Kier alpha value is -1.05. The quantitative estimate of drug-likeness (QED) is 0.566. The van der Waals surface area contributed by atoms with E-state index in [1.54, 1.807) is 6.92 Å². The van der Waals surface area contributed by atoms with Gasteiger partial charge in [0.05, 0.1) is 0 Å². The maximum Gasteiger partial charge on any atom is 0.330 e. The smallest absolute Gasteiger partial charge is 0.330 e. The van der Waals surface area contributed by atoms with Gasteiger partial charge in [0.15, 0.2) is 0 Å². The molecule has 1 fully saturated rings. The van der Waals surface area contributed by atoms with Crippen LogP contribution in [-0.4, -0.2) is 11.1 Å². The molecule has 1 aliphatic rings. The Bertz CT molecular complexity index is 270. The van der Waals surface area contributed by atoms with Gasteiger partial charge in [0.2, 0.25) is 0 Å². The van der Waals surface area contributed by atoms with Crippen LogP contribution in [-0.2, 0) is 4.79 Å². The fraction of sp³-hybridized carbons (Fsp3) is 0.615. The molecule has 0 unspecified atom stereocenters. The molecule has 0 aromatic rings. The second kappa shape index (κ2) is 5.15. The van der Waals surface area contributed by atoms with Crippen LogP contribution in [0.2, 0.25) is 0 Å². The molecule has 0 spiro atoms. The van der Waals surface area contributed by atoms with Crippen LogP contribution in [0.15, 0.2) is 24.3 Å². The molecule has 0 amide bonds. The van der Waals surface area contributed by atoms with Crippen LogP contribution in [0.4, 0.5) is 0 Å². The highest BCUT2D eigenvalue weighted by Crippen LogP contribution is 2.41. The minimum atomic E-state index is -0.802. The second-order valence-electron chi connectivity index (χ2n) is 4.55. The molecule has 15 heavy (non-hydrogen) atoms. The first-order valence-corrected chi connectivity index (χ1v) is 5.63. The molecule has 1 saturated carbocycles. The van der Waals surface area contributed by atoms with Gasteiger partial charge in [0.1, 0.15) is 0 Å². The zero-order valence-electron chi connectivity index (χ0n) is 9.46. The molecule has 0 heterocycles. The van der Waals surface area contributed by atoms with E-state index in [0.717, 1.165) is 19.3 Å². The van der Waals surface area contributed by atoms with E-state index in [4.69, 9.17) is 5.11 Å². The number of hydrogen-bond acceptors (Lipinski definition) is 1. The van der Waals surface area contributed by atoms with Gasteiger partial charge in [0.25, 0.3) is 0 Å². The number of carboxylic acids is 1. The molecule has 84 valence electrons. The third kappa shape index (κ3) is 3.22. The first-order valence-electron chi connectivity index (χ1n) is 5.63. The van der Waals surface area contributed by atoms with Crippen molar-refractivity contribution in [3.63, 3.8) is 0 Å². The van der Waals surface area contributed by atoms with Crippen molar-refractivity contribution in [2.45, 2.75) is 45.4 Å². The van der Waals surface area contributed by atoms with Gasteiger partial charge in [-0.25, -0.2) is 4.79 Å². The highest BCUT2D eigenvalue weighted by molar-refractivity contribution is 5.85. The summed E-state index contributed by atoms with van der Waals surface area (Å²) in [5.41, 5.74) is 0.543. The minimum absolute atomic E-state index is 0.0719. The number of rotatable bonds is 4. The zero-order valence-corrected chi connectivity index (χ0v) is 9.46. The molecule has 2 nitrogen and oxygen atoms in total. The summed E-state index contributed by atoms with van der Waals surface area (Å²) >= 11 is 0. The van der Waals surface area contributed by atoms with Gasteiger partial charge >= 0.3 is 5.97 Å². The molecular weight excluding hydrogens is 188 g/mol. The largest absolute Gasteiger partial charge is 0.478 e. The van der Waals surface area contributed by atoms with Crippen LogP contribution in [0.5, 0.6) is 0 Å². The van der Waals surface area contributed by atoms with E-state index < -0.39 is 5.97 Å². The SMILES string of the molecule is C=CCC1(C=C(C)C(=O)O)CCCCC1. The molecule has 1 aliphatic carbocycles. The summed E-state index contributed by atoms with van der Waals surface area (Å²) in [5.74, 6) is -0.802. The summed E-state index contributed by atoms with van der Waals surface area (Å²) in [6, 6.07) is 0. The van der Waals surface area contributed by atoms with E-state index in [0.29, 0.717) is 5.57 Å². The maximum absolute atomic E-state index is 10.8. The van der Waals surface area contributed by atoms with Gasteiger partial charge in [-0.2, -0.15) is 0 Å². The topological polar surface area (TPSA) is 37.3 Å². The van der Waals surface area contributed by atoms with Crippen LogP contribution in [0.25, 0.3) is 0 Å². The van der Waals surface area contributed by atoms with Crippen molar-refractivity contribution in [1.82, 2.24) is 0 Å². The van der Waals surface area contributed by atoms with Crippen molar-refractivity contribution < 1.29 is 9.90 Å². The number of hydrogen-bond donors (Lipinski definition) is 1. The van der Waals surface area contributed by atoms with Gasteiger partial charge in [-0.1, -0.05) is 31.4 Å². The predicted molar refractivity (Wildman–Crippen MR) is 61.7 cm³/mol. The second-order valence-corrected chi connectivity index (χ2v) is 4.55. The Morgan fingerprint density at radius 2 is 2.00 bits per heavy atom. The molecular formula is C13H20O2. The van der Waals surface area contributed by atoms with Crippen LogP contribution in [0, 0.1) is 5.41 Å². The first kappa shape index (κ1) is 12.0. The Kier molecular flexibility index (Phi) is 4.13. The van der Waals surface area contributed by atoms with Crippen LogP contribution < -0.4 is 0 Å². The average molecular weight is 208 g/mol. The lowest BCUT2D eigenvalue weighted by Crippen LogP contribution is -2.22. The minimum Gasteiger partial charge on any atom is -0.478 e. The molecule has 0 aromatic carbocycles. The van der Waals surface area contributed by atoms with Crippen molar-refractivity contribution in [1.29, 1.82) is 0 Å². The molecule has 0 bridgehead atoms. The van der Waals surface area contributed by atoms with E-state index in [9.17, 15) is 4.79 Å². The van der Waals surface area contributed by atoms with Crippen molar-refractivity contribution in [2.75, 3.05) is 0 Å². The highest BCUT2D eigenvalue weighted by Gasteiger charge is 2.29. The number of carbonyl (C=O) groups is 1. The molecule has 0 atom stereocenters. The zero-order chi connectivity index (χ0) is 11.3. The summed E-state index contributed by atoms with van der Waals surface area (Å²) in [6.07, 6.45) is 10.7. The maximum atomic E-state index is 10.8. The fourth-order valence-electron chi connectivity index (χ4n) is 2.47. The molecule has 0 saturated heterocycles.